The monoisotopic (exact) mass is 205 g/mol. The molecule has 78 valence electrons. The van der Waals surface area contributed by atoms with Gasteiger partial charge in [-0.1, -0.05) is 12.2 Å². The molecular formula is C9H19NO2S. The van der Waals surface area contributed by atoms with E-state index in [1.165, 1.54) is 0 Å². The van der Waals surface area contributed by atoms with Crippen molar-refractivity contribution in [1.29, 1.82) is 0 Å². The highest BCUT2D eigenvalue weighted by Crippen LogP contribution is 1.96. The van der Waals surface area contributed by atoms with E-state index in [-0.39, 0.29) is 6.10 Å². The molecular weight excluding hydrogens is 186 g/mol. The van der Waals surface area contributed by atoms with Crippen molar-refractivity contribution in [2.45, 2.75) is 32.8 Å². The van der Waals surface area contributed by atoms with Crippen LogP contribution in [0, 0.1) is 0 Å². The number of rotatable bonds is 8. The highest BCUT2D eigenvalue weighted by atomic mass is 32.1. The van der Waals surface area contributed by atoms with Gasteiger partial charge in [0, 0.05) is 13.2 Å². The van der Waals surface area contributed by atoms with Gasteiger partial charge in [-0.2, -0.15) is 0 Å². The maximum Gasteiger partial charge on any atom is 0.0780 e. The summed E-state index contributed by atoms with van der Waals surface area (Å²) in [6.45, 7) is 6.06. The topological polar surface area (TPSA) is 44.5 Å². The molecule has 2 N–H and O–H groups in total. The fourth-order valence-corrected chi connectivity index (χ4v) is 1.01. The molecule has 0 aliphatic rings. The highest BCUT2D eigenvalue weighted by Gasteiger charge is 2.00. The van der Waals surface area contributed by atoms with Gasteiger partial charge in [-0.15, -0.1) is 0 Å². The summed E-state index contributed by atoms with van der Waals surface area (Å²) in [6, 6.07) is 0. The van der Waals surface area contributed by atoms with Crippen LogP contribution in [0.25, 0.3) is 0 Å². The van der Waals surface area contributed by atoms with Crippen LogP contribution in [-0.4, -0.2) is 30.9 Å². The number of hydrogen-bond donors (Lipinski definition) is 1. The van der Waals surface area contributed by atoms with Crippen molar-refractivity contribution >= 4 is 17.2 Å². The Balaban J connectivity index is 3.16. The van der Waals surface area contributed by atoms with Crippen molar-refractivity contribution in [3.8, 4) is 0 Å². The molecule has 0 radical (unpaired) electrons. The largest absolute Gasteiger partial charge is 0.393 e. The zero-order valence-electron chi connectivity index (χ0n) is 8.41. The summed E-state index contributed by atoms with van der Waals surface area (Å²) in [5, 5.41) is 0. The second kappa shape index (κ2) is 8.41. The standard InChI is InChI=1S/C9H19NO2S/c1-3-11-7-8(2)12-6-4-5-9(10)13/h8H,3-7H2,1-2H3,(H2,10,13). The molecule has 0 saturated carbocycles. The minimum Gasteiger partial charge on any atom is -0.393 e. The molecule has 0 rings (SSSR count). The lowest BCUT2D eigenvalue weighted by Gasteiger charge is -2.12. The smallest absolute Gasteiger partial charge is 0.0780 e. The molecule has 0 fully saturated rings. The molecule has 0 bridgehead atoms. The van der Waals surface area contributed by atoms with Crippen LogP contribution in [0.4, 0.5) is 0 Å². The lowest BCUT2D eigenvalue weighted by Crippen LogP contribution is -2.17. The third-order valence-corrected chi connectivity index (χ3v) is 1.73. The Morgan fingerprint density at radius 2 is 2.23 bits per heavy atom. The maximum absolute atomic E-state index is 5.45. The molecule has 1 unspecified atom stereocenters. The third kappa shape index (κ3) is 9.73. The van der Waals surface area contributed by atoms with Gasteiger partial charge in [0.1, 0.15) is 0 Å². The van der Waals surface area contributed by atoms with E-state index in [1.54, 1.807) is 0 Å². The van der Waals surface area contributed by atoms with E-state index in [2.05, 4.69) is 0 Å². The van der Waals surface area contributed by atoms with Crippen LogP contribution in [0.2, 0.25) is 0 Å². The van der Waals surface area contributed by atoms with Crippen molar-refractivity contribution in [1.82, 2.24) is 0 Å². The van der Waals surface area contributed by atoms with Gasteiger partial charge in [0.2, 0.25) is 0 Å². The van der Waals surface area contributed by atoms with Gasteiger partial charge in [0.15, 0.2) is 0 Å². The van der Waals surface area contributed by atoms with Crippen LogP contribution in [0.5, 0.6) is 0 Å². The Labute approximate surface area is 85.6 Å². The quantitative estimate of drug-likeness (QED) is 0.482. The molecule has 0 amide bonds. The van der Waals surface area contributed by atoms with Crippen LogP contribution < -0.4 is 5.73 Å². The van der Waals surface area contributed by atoms with Crippen LogP contribution in [0.15, 0.2) is 0 Å². The molecule has 1 atom stereocenters. The summed E-state index contributed by atoms with van der Waals surface area (Å²) >= 11 is 4.74. The van der Waals surface area contributed by atoms with Gasteiger partial charge in [0.25, 0.3) is 0 Å². The molecule has 0 aromatic carbocycles. The Hall–Kier alpha value is -0.190. The Morgan fingerprint density at radius 3 is 2.77 bits per heavy atom. The van der Waals surface area contributed by atoms with E-state index in [9.17, 15) is 0 Å². The highest BCUT2D eigenvalue weighted by molar-refractivity contribution is 7.80. The lowest BCUT2D eigenvalue weighted by atomic mass is 10.3. The van der Waals surface area contributed by atoms with Gasteiger partial charge < -0.3 is 15.2 Å². The van der Waals surface area contributed by atoms with E-state index in [1.807, 2.05) is 13.8 Å². The minimum absolute atomic E-state index is 0.159. The summed E-state index contributed by atoms with van der Waals surface area (Å²) in [6.07, 6.45) is 1.81. The van der Waals surface area contributed by atoms with Crippen molar-refractivity contribution in [2.24, 2.45) is 5.73 Å². The molecule has 13 heavy (non-hydrogen) atoms. The van der Waals surface area contributed by atoms with Gasteiger partial charge in [-0.3, -0.25) is 0 Å². The fourth-order valence-electron chi connectivity index (χ4n) is 0.863. The third-order valence-electron chi connectivity index (χ3n) is 1.53. The first-order valence-corrected chi connectivity index (χ1v) is 5.05. The van der Waals surface area contributed by atoms with Crippen molar-refractivity contribution in [3.05, 3.63) is 0 Å². The fraction of sp³-hybridized carbons (Fsp3) is 0.889. The summed E-state index contributed by atoms with van der Waals surface area (Å²) in [7, 11) is 0. The Kier molecular flexibility index (Phi) is 8.29. The lowest BCUT2D eigenvalue weighted by molar-refractivity contribution is -0.00357. The molecule has 0 spiro atoms. The van der Waals surface area contributed by atoms with Crippen LogP contribution >= 0.6 is 12.2 Å². The molecule has 3 nitrogen and oxygen atoms in total. The summed E-state index contributed by atoms with van der Waals surface area (Å²) in [4.78, 5) is 0.557. The zero-order chi connectivity index (χ0) is 10.1. The van der Waals surface area contributed by atoms with E-state index in [4.69, 9.17) is 27.4 Å². The van der Waals surface area contributed by atoms with Crippen LogP contribution in [0.3, 0.4) is 0 Å². The Bertz CT molecular complexity index is 142. The van der Waals surface area contributed by atoms with E-state index >= 15 is 0 Å². The first-order valence-electron chi connectivity index (χ1n) is 4.64. The molecule has 0 heterocycles. The normalized spacial score (nSPS) is 12.8. The molecule has 0 aliphatic carbocycles. The molecule has 0 saturated heterocycles. The first kappa shape index (κ1) is 12.8. The molecule has 0 aromatic rings. The van der Waals surface area contributed by atoms with Gasteiger partial charge in [-0.05, 0) is 26.7 Å². The maximum atomic E-state index is 5.45. The summed E-state index contributed by atoms with van der Waals surface area (Å²) in [5.41, 5.74) is 5.34. The van der Waals surface area contributed by atoms with Gasteiger partial charge in [0.05, 0.1) is 17.7 Å². The van der Waals surface area contributed by atoms with E-state index in [0.29, 0.717) is 18.2 Å². The van der Waals surface area contributed by atoms with Crippen molar-refractivity contribution in [3.63, 3.8) is 0 Å². The second-order valence-electron chi connectivity index (χ2n) is 2.91. The molecule has 0 aromatic heterocycles. The number of nitrogens with two attached hydrogens (primary N) is 1. The Morgan fingerprint density at radius 1 is 1.54 bits per heavy atom. The SMILES string of the molecule is CCOCC(C)OCCCC(N)=S. The van der Waals surface area contributed by atoms with Crippen molar-refractivity contribution in [2.75, 3.05) is 19.8 Å². The van der Waals surface area contributed by atoms with Crippen molar-refractivity contribution < 1.29 is 9.47 Å². The van der Waals surface area contributed by atoms with Crippen LogP contribution in [0.1, 0.15) is 26.7 Å². The average molecular weight is 205 g/mol. The number of hydrogen-bond acceptors (Lipinski definition) is 3. The number of thiocarbonyl (C=S) groups is 1. The minimum atomic E-state index is 0.159. The summed E-state index contributed by atoms with van der Waals surface area (Å²) < 4.78 is 10.7. The van der Waals surface area contributed by atoms with Crippen LogP contribution in [-0.2, 0) is 9.47 Å². The van der Waals surface area contributed by atoms with Gasteiger partial charge >= 0.3 is 0 Å². The molecule has 0 aliphatic heterocycles. The second-order valence-corrected chi connectivity index (χ2v) is 3.44. The summed E-state index contributed by atoms with van der Waals surface area (Å²) in [5.74, 6) is 0. The number of ether oxygens (including phenoxy) is 2. The van der Waals surface area contributed by atoms with Gasteiger partial charge in [-0.25, -0.2) is 0 Å². The predicted molar refractivity (Wildman–Crippen MR) is 57.9 cm³/mol. The first-order chi connectivity index (χ1) is 6.16. The van der Waals surface area contributed by atoms with E-state index < -0.39 is 0 Å². The average Bonchev–Trinajstić information content (AvgIpc) is 2.08. The molecule has 4 heteroatoms. The zero-order valence-corrected chi connectivity index (χ0v) is 9.23. The predicted octanol–water partition coefficient (Wildman–Crippen LogP) is 1.49. The van der Waals surface area contributed by atoms with E-state index in [0.717, 1.165) is 19.4 Å².